The second kappa shape index (κ2) is 8.39. The summed E-state index contributed by atoms with van der Waals surface area (Å²) in [4.78, 5) is 5.37. The van der Waals surface area contributed by atoms with Crippen LogP contribution in [0.5, 0.6) is 0 Å². The average molecular weight is 498 g/mol. The lowest BCUT2D eigenvalue weighted by Crippen LogP contribution is -2.29. The number of nitrogens with zero attached hydrogens (tertiary/aromatic N) is 1. The zero-order valence-corrected chi connectivity index (χ0v) is 22.4. The van der Waals surface area contributed by atoms with E-state index >= 15 is 0 Å². The van der Waals surface area contributed by atoms with Gasteiger partial charge in [-0.25, -0.2) is 0 Å². The Labute approximate surface area is 220 Å². The van der Waals surface area contributed by atoms with Gasteiger partial charge in [-0.2, -0.15) is 10.0 Å². The summed E-state index contributed by atoms with van der Waals surface area (Å²) in [5, 5.41) is 5.39. The van der Waals surface area contributed by atoms with Crippen molar-refractivity contribution in [2.24, 2.45) is 5.92 Å². The number of hydrogen-bond acceptors (Lipinski definition) is 1. The van der Waals surface area contributed by atoms with E-state index in [4.69, 9.17) is 0 Å². The van der Waals surface area contributed by atoms with Crippen LogP contribution < -0.4 is 15.3 Å². The van der Waals surface area contributed by atoms with Gasteiger partial charge in [-0.1, -0.05) is 85.8 Å². The van der Waals surface area contributed by atoms with E-state index in [0.29, 0.717) is 5.92 Å². The molecule has 0 N–H and O–H groups in total. The minimum atomic E-state index is -1.19. The van der Waals surface area contributed by atoms with Crippen molar-refractivity contribution in [3.63, 3.8) is 0 Å². The molecular weight excluding hydrogens is 466 g/mol. The van der Waals surface area contributed by atoms with Crippen LogP contribution >= 0.6 is 10.0 Å². The summed E-state index contributed by atoms with van der Waals surface area (Å²) in [5.41, 5.74) is 6.38. The minimum absolute atomic E-state index is 0.595. The summed E-state index contributed by atoms with van der Waals surface area (Å²) in [6.07, 6.45) is 10.8. The fourth-order valence-electron chi connectivity index (χ4n) is 6.06. The molecule has 0 fully saturated rings. The maximum atomic E-state index is 2.49. The predicted molar refractivity (Wildman–Crippen MR) is 162 cm³/mol. The van der Waals surface area contributed by atoms with Crippen LogP contribution in [0.3, 0.4) is 0 Å². The van der Waals surface area contributed by atoms with E-state index < -0.39 is 10.0 Å². The van der Waals surface area contributed by atoms with Gasteiger partial charge in [0.15, 0.2) is 0 Å². The maximum absolute atomic E-state index is 2.49. The van der Waals surface area contributed by atoms with Crippen molar-refractivity contribution in [1.29, 1.82) is 0 Å². The van der Waals surface area contributed by atoms with Crippen molar-refractivity contribution in [3.8, 4) is 11.1 Å². The van der Waals surface area contributed by atoms with Crippen molar-refractivity contribution in [2.45, 2.75) is 23.1 Å². The number of fused-ring (bicyclic) bond motifs is 5. The fourth-order valence-corrected chi connectivity index (χ4v) is 8.50. The van der Waals surface area contributed by atoms with Crippen LogP contribution in [0.1, 0.15) is 13.3 Å². The molecule has 0 radical (unpaired) electrons. The van der Waals surface area contributed by atoms with Gasteiger partial charge in [-0.05, 0) is 93.6 Å². The van der Waals surface area contributed by atoms with Crippen LogP contribution in [-0.2, 0) is 0 Å². The topological polar surface area (TPSA) is 3.24 Å². The summed E-state index contributed by atoms with van der Waals surface area (Å²) in [5.74, 6) is 0.595. The standard InChI is InChI=1S/C35H31NS/c1-24-13-19-30-28(21-24)15-14-26-16-18-29(23-31(26)30)36-32-11-7-8-12-34(32)37(2,3)35-22-27(17-20-33(35)36)25-9-5-4-6-10-25/h4-12,14-24H,13H2,1-3H3. The minimum Gasteiger partial charge on any atom is -0.308 e. The molecule has 1 atom stereocenters. The van der Waals surface area contributed by atoms with Gasteiger partial charge in [-0.3, -0.25) is 0 Å². The highest BCUT2D eigenvalue weighted by Gasteiger charge is 2.34. The highest BCUT2D eigenvalue weighted by Crippen LogP contribution is 2.67. The van der Waals surface area contributed by atoms with Crippen LogP contribution in [0.4, 0.5) is 17.1 Å². The van der Waals surface area contributed by atoms with E-state index in [1.807, 2.05) is 0 Å². The SMILES string of the molecule is CC1C=c2ccc3ccc(N4c5ccccc5S(C)(C)c5cc(-c6ccccc6)ccc54)cc3c2=CC1. The van der Waals surface area contributed by atoms with Crippen LogP contribution in [0.15, 0.2) is 113 Å². The summed E-state index contributed by atoms with van der Waals surface area (Å²) >= 11 is 0. The van der Waals surface area contributed by atoms with Crippen molar-refractivity contribution in [1.82, 2.24) is 0 Å². The first-order valence-electron chi connectivity index (χ1n) is 13.1. The molecule has 182 valence electrons. The van der Waals surface area contributed by atoms with Crippen LogP contribution in [0.2, 0.25) is 0 Å². The van der Waals surface area contributed by atoms with Gasteiger partial charge >= 0.3 is 0 Å². The van der Waals surface area contributed by atoms with Gasteiger partial charge in [-0.15, -0.1) is 0 Å². The predicted octanol–water partition coefficient (Wildman–Crippen LogP) is 8.37. The van der Waals surface area contributed by atoms with Gasteiger partial charge in [0.25, 0.3) is 0 Å². The molecule has 2 aliphatic rings. The molecule has 1 nitrogen and oxygen atoms in total. The second-order valence-electron chi connectivity index (χ2n) is 10.7. The van der Waals surface area contributed by atoms with Crippen molar-refractivity contribution >= 4 is 50.0 Å². The molecule has 1 unspecified atom stereocenters. The molecule has 37 heavy (non-hydrogen) atoms. The maximum Gasteiger partial charge on any atom is 0.0586 e. The number of benzene rings is 5. The molecule has 1 heterocycles. The third-order valence-corrected chi connectivity index (χ3v) is 10.9. The molecule has 0 spiro atoms. The normalized spacial score (nSPS) is 18.1. The molecule has 5 aromatic carbocycles. The largest absolute Gasteiger partial charge is 0.308 e. The Kier molecular flexibility index (Phi) is 5.09. The van der Waals surface area contributed by atoms with Gasteiger partial charge in [0.1, 0.15) is 0 Å². The molecule has 0 bridgehead atoms. The average Bonchev–Trinajstić information content (AvgIpc) is 2.93. The number of anilines is 3. The third-order valence-electron chi connectivity index (χ3n) is 8.01. The molecule has 7 rings (SSSR count). The molecule has 5 aromatic rings. The summed E-state index contributed by atoms with van der Waals surface area (Å²) in [7, 11) is -1.19. The Hall–Kier alpha value is -3.75. The van der Waals surface area contributed by atoms with Crippen molar-refractivity contribution < 1.29 is 0 Å². The van der Waals surface area contributed by atoms with Crippen LogP contribution in [0.25, 0.3) is 34.1 Å². The number of para-hydroxylation sites is 1. The summed E-state index contributed by atoms with van der Waals surface area (Å²) in [6, 6.07) is 38.4. The first-order valence-corrected chi connectivity index (χ1v) is 15.5. The van der Waals surface area contributed by atoms with E-state index in [1.54, 1.807) is 0 Å². The highest BCUT2D eigenvalue weighted by atomic mass is 32.3. The lowest BCUT2D eigenvalue weighted by Gasteiger charge is -2.45. The Morgan fingerprint density at radius 2 is 1.46 bits per heavy atom. The monoisotopic (exact) mass is 497 g/mol. The molecule has 2 heteroatoms. The molecule has 0 saturated carbocycles. The summed E-state index contributed by atoms with van der Waals surface area (Å²) in [6.45, 7) is 2.30. The van der Waals surface area contributed by atoms with Gasteiger partial charge < -0.3 is 4.90 Å². The Morgan fingerprint density at radius 3 is 2.32 bits per heavy atom. The van der Waals surface area contributed by atoms with Crippen molar-refractivity contribution in [2.75, 3.05) is 17.4 Å². The third kappa shape index (κ3) is 3.54. The van der Waals surface area contributed by atoms with E-state index in [1.165, 1.54) is 59.2 Å². The van der Waals surface area contributed by atoms with E-state index in [2.05, 4.69) is 140 Å². The van der Waals surface area contributed by atoms with Gasteiger partial charge in [0.2, 0.25) is 0 Å². The van der Waals surface area contributed by atoms with Crippen LogP contribution in [-0.4, -0.2) is 12.5 Å². The van der Waals surface area contributed by atoms with Gasteiger partial charge in [0.05, 0.1) is 11.4 Å². The van der Waals surface area contributed by atoms with E-state index in [0.717, 1.165) is 6.42 Å². The van der Waals surface area contributed by atoms with Gasteiger partial charge in [0, 0.05) is 15.5 Å². The molecule has 1 aliphatic carbocycles. The summed E-state index contributed by atoms with van der Waals surface area (Å²) < 4.78 is 0. The highest BCUT2D eigenvalue weighted by molar-refractivity contribution is 8.33. The Morgan fingerprint density at radius 1 is 0.703 bits per heavy atom. The molecule has 0 saturated heterocycles. The van der Waals surface area contributed by atoms with Crippen molar-refractivity contribution in [3.05, 3.63) is 114 Å². The Bertz CT molecular complexity index is 1800. The quantitative estimate of drug-likeness (QED) is 0.237. The molecule has 0 amide bonds. The lowest BCUT2D eigenvalue weighted by atomic mass is 9.95. The zero-order chi connectivity index (χ0) is 25.1. The fraction of sp³-hybridized carbons (Fsp3) is 0.143. The first kappa shape index (κ1) is 22.4. The van der Waals surface area contributed by atoms with E-state index in [-0.39, 0.29) is 0 Å². The number of hydrogen-bond donors (Lipinski definition) is 0. The lowest BCUT2D eigenvalue weighted by molar-refractivity contribution is 0.801. The second-order valence-corrected chi connectivity index (χ2v) is 14.3. The van der Waals surface area contributed by atoms with Crippen LogP contribution in [0, 0.1) is 5.92 Å². The van der Waals surface area contributed by atoms with E-state index in [9.17, 15) is 0 Å². The smallest absolute Gasteiger partial charge is 0.0586 e. The molecular formula is C35H31NS. The first-order chi connectivity index (χ1) is 18.0. The zero-order valence-electron chi connectivity index (χ0n) is 21.6. The molecule has 1 aliphatic heterocycles. The molecule has 0 aromatic heterocycles. The number of rotatable bonds is 2. The Balaban J connectivity index is 1.48.